The fourth-order valence-electron chi connectivity index (χ4n) is 2.59. The van der Waals surface area contributed by atoms with E-state index in [0.29, 0.717) is 50.4 Å². The molecule has 11 nitrogen and oxygen atoms in total. The standard InChI is InChI=1S/C18H23N7O4/c1-27-15-6-4-14(5-7-15)25-17-16(22-23-25)12-20-18(21-17)24(29-13-26)9-3-11-28-10-2-8-19/h4-7,12-13H,2-3,8-11,19H2,1H3. The van der Waals surface area contributed by atoms with Crippen LogP contribution in [0.2, 0.25) is 0 Å². The lowest BCUT2D eigenvalue weighted by Crippen LogP contribution is -2.27. The number of anilines is 1. The Hall–Kier alpha value is -3.31. The molecule has 3 aromatic rings. The van der Waals surface area contributed by atoms with Crippen molar-refractivity contribution in [2.75, 3.05) is 38.5 Å². The van der Waals surface area contributed by atoms with Crippen LogP contribution < -0.4 is 15.5 Å². The van der Waals surface area contributed by atoms with Crippen molar-refractivity contribution >= 4 is 23.6 Å². The van der Waals surface area contributed by atoms with Crippen LogP contribution in [-0.2, 0) is 14.4 Å². The average molecular weight is 401 g/mol. The van der Waals surface area contributed by atoms with E-state index in [1.165, 1.54) is 11.3 Å². The summed E-state index contributed by atoms with van der Waals surface area (Å²) in [5.41, 5.74) is 7.19. The van der Waals surface area contributed by atoms with E-state index >= 15 is 0 Å². The van der Waals surface area contributed by atoms with Crippen molar-refractivity contribution in [3.63, 3.8) is 0 Å². The molecule has 0 saturated heterocycles. The summed E-state index contributed by atoms with van der Waals surface area (Å²) < 4.78 is 12.2. The van der Waals surface area contributed by atoms with Gasteiger partial charge in [0.25, 0.3) is 5.95 Å². The Bertz CT molecular complexity index is 916. The predicted molar refractivity (Wildman–Crippen MR) is 105 cm³/mol. The predicted octanol–water partition coefficient (Wildman–Crippen LogP) is 0.869. The number of carbonyl (C=O) groups is 1. The Labute approximate surface area is 167 Å². The highest BCUT2D eigenvalue weighted by molar-refractivity contribution is 5.72. The molecule has 3 rings (SSSR count). The van der Waals surface area contributed by atoms with Gasteiger partial charge in [0.2, 0.25) is 0 Å². The zero-order valence-corrected chi connectivity index (χ0v) is 16.1. The summed E-state index contributed by atoms with van der Waals surface area (Å²) in [6.07, 6.45) is 2.95. The second-order valence-electron chi connectivity index (χ2n) is 5.99. The minimum Gasteiger partial charge on any atom is -0.497 e. The summed E-state index contributed by atoms with van der Waals surface area (Å²) >= 11 is 0. The van der Waals surface area contributed by atoms with Crippen LogP contribution in [0.25, 0.3) is 16.9 Å². The lowest BCUT2D eigenvalue weighted by atomic mass is 10.3. The molecule has 0 bridgehead atoms. The Morgan fingerprint density at radius 3 is 2.72 bits per heavy atom. The number of rotatable bonds is 12. The summed E-state index contributed by atoms with van der Waals surface area (Å²) in [5.74, 6) is 0.955. The summed E-state index contributed by atoms with van der Waals surface area (Å²) in [7, 11) is 1.60. The summed E-state index contributed by atoms with van der Waals surface area (Å²) in [5, 5.41) is 9.53. The molecule has 0 atom stereocenters. The third-order valence-corrected chi connectivity index (χ3v) is 4.03. The Balaban J connectivity index is 1.77. The largest absolute Gasteiger partial charge is 0.497 e. The van der Waals surface area contributed by atoms with Crippen LogP contribution in [0.15, 0.2) is 30.5 Å². The first-order valence-electron chi connectivity index (χ1n) is 9.15. The minimum atomic E-state index is 0.226. The van der Waals surface area contributed by atoms with Gasteiger partial charge in [-0.05, 0) is 43.7 Å². The van der Waals surface area contributed by atoms with Gasteiger partial charge in [-0.1, -0.05) is 5.21 Å². The Kier molecular flexibility index (Phi) is 7.25. The topological polar surface area (TPSA) is 131 Å². The van der Waals surface area contributed by atoms with E-state index < -0.39 is 0 Å². The third kappa shape index (κ3) is 5.15. The molecule has 0 fully saturated rings. The Morgan fingerprint density at radius 2 is 2.00 bits per heavy atom. The first-order valence-corrected chi connectivity index (χ1v) is 9.15. The second kappa shape index (κ2) is 10.3. The number of methoxy groups -OCH3 is 1. The van der Waals surface area contributed by atoms with Gasteiger partial charge in [0, 0.05) is 13.2 Å². The zero-order valence-electron chi connectivity index (χ0n) is 16.1. The lowest BCUT2D eigenvalue weighted by Gasteiger charge is -2.18. The van der Waals surface area contributed by atoms with Crippen molar-refractivity contribution in [2.45, 2.75) is 12.8 Å². The molecule has 154 valence electrons. The molecule has 0 amide bonds. The summed E-state index contributed by atoms with van der Waals surface area (Å²) in [6.45, 7) is 2.40. The minimum absolute atomic E-state index is 0.226. The van der Waals surface area contributed by atoms with Crippen molar-refractivity contribution in [1.82, 2.24) is 25.0 Å². The molecular weight excluding hydrogens is 378 g/mol. The second-order valence-corrected chi connectivity index (χ2v) is 5.99. The molecule has 0 radical (unpaired) electrons. The van der Waals surface area contributed by atoms with Crippen LogP contribution >= 0.6 is 0 Å². The molecule has 0 aliphatic carbocycles. The number of carbonyl (C=O) groups excluding carboxylic acids is 1. The van der Waals surface area contributed by atoms with Crippen molar-refractivity contribution < 1.29 is 19.1 Å². The maximum absolute atomic E-state index is 10.9. The smallest absolute Gasteiger partial charge is 0.320 e. The normalized spacial score (nSPS) is 10.8. The van der Waals surface area contributed by atoms with Crippen molar-refractivity contribution in [3.05, 3.63) is 30.5 Å². The lowest BCUT2D eigenvalue weighted by molar-refractivity contribution is -0.130. The molecular formula is C18H23N7O4. The highest BCUT2D eigenvalue weighted by Gasteiger charge is 2.15. The van der Waals surface area contributed by atoms with Gasteiger partial charge in [0.05, 0.1) is 25.5 Å². The van der Waals surface area contributed by atoms with Gasteiger partial charge in [-0.3, -0.25) is 4.79 Å². The van der Waals surface area contributed by atoms with Crippen LogP contribution in [0.3, 0.4) is 0 Å². The van der Waals surface area contributed by atoms with Gasteiger partial charge in [-0.15, -0.1) is 5.10 Å². The van der Waals surface area contributed by atoms with Crippen molar-refractivity contribution in [1.29, 1.82) is 0 Å². The number of hydrogen-bond donors (Lipinski definition) is 1. The summed E-state index contributed by atoms with van der Waals surface area (Å²) in [6, 6.07) is 7.31. The monoisotopic (exact) mass is 401 g/mol. The maximum atomic E-state index is 10.9. The van der Waals surface area contributed by atoms with Crippen LogP contribution in [0.1, 0.15) is 12.8 Å². The van der Waals surface area contributed by atoms with E-state index in [-0.39, 0.29) is 5.95 Å². The van der Waals surface area contributed by atoms with Gasteiger partial charge in [-0.2, -0.15) is 14.7 Å². The molecule has 2 N–H and O–H groups in total. The van der Waals surface area contributed by atoms with E-state index in [1.807, 2.05) is 24.3 Å². The number of benzene rings is 1. The van der Waals surface area contributed by atoms with Crippen molar-refractivity contribution in [2.24, 2.45) is 5.73 Å². The maximum Gasteiger partial charge on any atom is 0.320 e. The van der Waals surface area contributed by atoms with E-state index in [0.717, 1.165) is 17.9 Å². The third-order valence-electron chi connectivity index (χ3n) is 4.03. The molecule has 0 spiro atoms. The molecule has 29 heavy (non-hydrogen) atoms. The van der Waals surface area contributed by atoms with Crippen LogP contribution in [0, 0.1) is 0 Å². The molecule has 2 heterocycles. The van der Waals surface area contributed by atoms with Gasteiger partial charge >= 0.3 is 6.47 Å². The van der Waals surface area contributed by atoms with Crippen LogP contribution in [-0.4, -0.2) is 64.8 Å². The number of hydrogen-bond acceptors (Lipinski definition) is 10. The first kappa shape index (κ1) is 20.4. The van der Waals surface area contributed by atoms with E-state index in [2.05, 4.69) is 20.3 Å². The quantitative estimate of drug-likeness (QED) is 0.265. The molecule has 0 aliphatic heterocycles. The Morgan fingerprint density at radius 1 is 1.21 bits per heavy atom. The molecule has 0 unspecified atom stereocenters. The van der Waals surface area contributed by atoms with Crippen LogP contribution in [0.5, 0.6) is 5.75 Å². The average Bonchev–Trinajstić information content (AvgIpc) is 3.18. The number of nitrogens with zero attached hydrogens (tertiary/aromatic N) is 6. The number of ether oxygens (including phenoxy) is 2. The van der Waals surface area contributed by atoms with E-state index in [9.17, 15) is 4.79 Å². The van der Waals surface area contributed by atoms with E-state index in [4.69, 9.17) is 20.0 Å². The number of nitrogens with two attached hydrogens (primary N) is 1. The molecule has 2 aromatic heterocycles. The van der Waals surface area contributed by atoms with Gasteiger partial charge in [0.15, 0.2) is 11.2 Å². The molecule has 0 aliphatic rings. The van der Waals surface area contributed by atoms with Crippen LogP contribution in [0.4, 0.5) is 5.95 Å². The molecule has 11 heteroatoms. The van der Waals surface area contributed by atoms with Gasteiger partial charge in [-0.25, -0.2) is 4.98 Å². The van der Waals surface area contributed by atoms with Gasteiger partial charge < -0.3 is 20.0 Å². The fourth-order valence-corrected chi connectivity index (χ4v) is 2.59. The molecule has 1 aromatic carbocycles. The molecule has 0 saturated carbocycles. The summed E-state index contributed by atoms with van der Waals surface area (Å²) in [4.78, 5) is 24.7. The zero-order chi connectivity index (χ0) is 20.5. The van der Waals surface area contributed by atoms with Gasteiger partial charge in [0.1, 0.15) is 5.75 Å². The number of fused-ring (bicyclic) bond motifs is 1. The highest BCUT2D eigenvalue weighted by atomic mass is 16.7. The van der Waals surface area contributed by atoms with Crippen molar-refractivity contribution in [3.8, 4) is 11.4 Å². The van der Waals surface area contributed by atoms with E-state index in [1.54, 1.807) is 11.8 Å². The highest BCUT2D eigenvalue weighted by Crippen LogP contribution is 2.19. The number of hydroxylamine groups is 1. The first-order chi connectivity index (χ1) is 14.3. The fraction of sp³-hybridized carbons (Fsp3) is 0.389. The number of aromatic nitrogens is 5. The SMILES string of the molecule is COc1ccc(-n2nnc3cnc(N(CCCOCCCN)OC=O)nc32)cc1.